The van der Waals surface area contributed by atoms with Gasteiger partial charge in [0.05, 0.1) is 16.3 Å². The molecule has 1 aliphatic carbocycles. The zero-order valence-electron chi connectivity index (χ0n) is 20.6. The Hall–Kier alpha value is -2.42. The van der Waals surface area contributed by atoms with Gasteiger partial charge in [-0.25, -0.2) is 8.42 Å². The van der Waals surface area contributed by atoms with Gasteiger partial charge in [0, 0.05) is 45.2 Å². The fraction of sp³-hybridized carbons (Fsp3) is 0.519. The first kappa shape index (κ1) is 24.3. The van der Waals surface area contributed by atoms with Gasteiger partial charge in [-0.1, -0.05) is 25.1 Å². The Morgan fingerprint density at radius 2 is 1.66 bits per heavy atom. The molecule has 0 spiro atoms. The number of rotatable bonds is 6. The van der Waals surface area contributed by atoms with Crippen LogP contribution in [0.1, 0.15) is 37.3 Å². The lowest BCUT2D eigenvalue weighted by Crippen LogP contribution is -2.46. The van der Waals surface area contributed by atoms with Gasteiger partial charge in [0.15, 0.2) is 0 Å². The summed E-state index contributed by atoms with van der Waals surface area (Å²) in [6.45, 7) is 7.93. The summed E-state index contributed by atoms with van der Waals surface area (Å²) in [4.78, 5) is 18.3. The number of nitrogens with zero attached hydrogens (tertiary/aromatic N) is 3. The van der Waals surface area contributed by atoms with E-state index >= 15 is 0 Å². The number of carbonyl (C=O) groups excluding carboxylic acids is 1. The zero-order valence-corrected chi connectivity index (χ0v) is 21.4. The van der Waals surface area contributed by atoms with E-state index in [-0.39, 0.29) is 11.8 Å². The van der Waals surface area contributed by atoms with Crippen LogP contribution in [0.3, 0.4) is 0 Å². The Labute approximate surface area is 209 Å². The Balaban J connectivity index is 1.20. The number of anilines is 2. The Bertz CT molecular complexity index is 1170. The Morgan fingerprint density at radius 1 is 0.943 bits per heavy atom. The average Bonchev–Trinajstić information content (AvgIpc) is 3.37. The van der Waals surface area contributed by atoms with E-state index in [9.17, 15) is 13.2 Å². The summed E-state index contributed by atoms with van der Waals surface area (Å²) in [5, 5.41) is 3.15. The van der Waals surface area contributed by atoms with Gasteiger partial charge in [0.2, 0.25) is 15.9 Å². The molecule has 1 N–H and O–H groups in total. The molecule has 0 radical (unpaired) electrons. The highest BCUT2D eigenvalue weighted by Crippen LogP contribution is 2.31. The number of nitrogens with one attached hydrogen (secondary N) is 1. The lowest BCUT2D eigenvalue weighted by molar-refractivity contribution is -0.120. The normalized spacial score (nSPS) is 20.1. The standard InChI is InChI=1S/C27H36N4O3S/c1-2-29-16-18-30(19-17-29)26-9-4-3-8-25(26)28-27(32)22-12-14-31(15-13-22)35(33,34)24-11-10-21-6-5-7-23(21)20-24/h3-4,8-11,20,22H,2,5-7,12-19H2,1H3,(H,28,32). The first-order valence-corrected chi connectivity index (χ1v) is 14.4. The van der Waals surface area contributed by atoms with Crippen LogP contribution in [0.2, 0.25) is 0 Å². The van der Waals surface area contributed by atoms with Gasteiger partial charge in [0.25, 0.3) is 0 Å². The molecule has 0 atom stereocenters. The molecule has 2 aromatic rings. The van der Waals surface area contributed by atoms with Gasteiger partial charge in [-0.3, -0.25) is 4.79 Å². The number of likely N-dealkylation sites (N-methyl/N-ethyl adjacent to an activating group) is 1. The molecular weight excluding hydrogens is 460 g/mol. The second-order valence-corrected chi connectivity index (χ2v) is 11.8. The first-order chi connectivity index (χ1) is 17.0. The molecule has 35 heavy (non-hydrogen) atoms. The van der Waals surface area contributed by atoms with Crippen molar-refractivity contribution in [1.29, 1.82) is 0 Å². The van der Waals surface area contributed by atoms with E-state index in [1.54, 1.807) is 10.4 Å². The van der Waals surface area contributed by atoms with Crippen molar-refractivity contribution in [2.75, 3.05) is 56.0 Å². The number of piperidine rings is 1. The van der Waals surface area contributed by atoms with E-state index in [0.717, 1.165) is 68.9 Å². The quantitative estimate of drug-likeness (QED) is 0.664. The van der Waals surface area contributed by atoms with Crippen molar-refractivity contribution in [3.05, 3.63) is 53.6 Å². The summed E-state index contributed by atoms with van der Waals surface area (Å²) in [5.74, 6) is -0.203. The maximum Gasteiger partial charge on any atom is 0.243 e. The smallest absolute Gasteiger partial charge is 0.243 e. The predicted octanol–water partition coefficient (Wildman–Crippen LogP) is 3.36. The van der Waals surface area contributed by atoms with Gasteiger partial charge >= 0.3 is 0 Å². The van der Waals surface area contributed by atoms with Crippen LogP contribution in [0.4, 0.5) is 11.4 Å². The number of aryl methyl sites for hydroxylation is 2. The highest BCUT2D eigenvalue weighted by atomic mass is 32.2. The van der Waals surface area contributed by atoms with Gasteiger partial charge < -0.3 is 15.1 Å². The molecule has 5 rings (SSSR count). The van der Waals surface area contributed by atoms with E-state index in [2.05, 4.69) is 28.1 Å². The summed E-state index contributed by atoms with van der Waals surface area (Å²) in [6.07, 6.45) is 4.16. The van der Waals surface area contributed by atoms with Crippen LogP contribution in [0, 0.1) is 5.92 Å². The third kappa shape index (κ3) is 5.10. The molecule has 2 aliphatic heterocycles. The predicted molar refractivity (Wildman–Crippen MR) is 139 cm³/mol. The number of benzene rings is 2. The van der Waals surface area contributed by atoms with Crippen molar-refractivity contribution < 1.29 is 13.2 Å². The van der Waals surface area contributed by atoms with Crippen LogP contribution in [0.5, 0.6) is 0 Å². The van der Waals surface area contributed by atoms with Crippen molar-refractivity contribution >= 4 is 27.3 Å². The zero-order chi connectivity index (χ0) is 24.4. The summed E-state index contributed by atoms with van der Waals surface area (Å²) in [6, 6.07) is 13.6. The van der Waals surface area contributed by atoms with E-state index in [1.165, 1.54) is 5.56 Å². The first-order valence-electron chi connectivity index (χ1n) is 12.9. The Kier molecular flexibility index (Phi) is 7.14. The molecule has 0 bridgehead atoms. The molecule has 8 heteroatoms. The third-order valence-corrected chi connectivity index (χ3v) is 9.75. The van der Waals surface area contributed by atoms with Crippen molar-refractivity contribution in [2.24, 2.45) is 5.92 Å². The van der Waals surface area contributed by atoms with Gasteiger partial charge in [0.1, 0.15) is 0 Å². The molecule has 0 unspecified atom stereocenters. The summed E-state index contributed by atoms with van der Waals surface area (Å²) < 4.78 is 28.0. The molecule has 3 aliphatic rings. The summed E-state index contributed by atoms with van der Waals surface area (Å²) in [7, 11) is -3.53. The van der Waals surface area contributed by atoms with Crippen LogP contribution < -0.4 is 10.2 Å². The minimum absolute atomic E-state index is 0.0146. The van der Waals surface area contributed by atoms with Crippen LogP contribution in [-0.2, 0) is 27.7 Å². The van der Waals surface area contributed by atoms with Gasteiger partial charge in [-0.2, -0.15) is 4.31 Å². The average molecular weight is 497 g/mol. The van der Waals surface area contributed by atoms with E-state index in [0.29, 0.717) is 30.8 Å². The molecule has 2 fully saturated rings. The summed E-state index contributed by atoms with van der Waals surface area (Å²) in [5.41, 5.74) is 4.34. The number of amides is 1. The van der Waals surface area contributed by atoms with Crippen molar-refractivity contribution in [3.63, 3.8) is 0 Å². The highest BCUT2D eigenvalue weighted by Gasteiger charge is 2.33. The molecule has 0 saturated carbocycles. The van der Waals surface area contributed by atoms with Crippen LogP contribution in [-0.4, -0.2) is 69.3 Å². The van der Waals surface area contributed by atoms with Crippen LogP contribution in [0.25, 0.3) is 0 Å². The maximum atomic E-state index is 13.2. The molecule has 1 amide bonds. The van der Waals surface area contributed by atoms with E-state index in [4.69, 9.17) is 0 Å². The molecule has 7 nitrogen and oxygen atoms in total. The van der Waals surface area contributed by atoms with Gasteiger partial charge in [-0.15, -0.1) is 0 Å². The minimum atomic E-state index is -3.53. The van der Waals surface area contributed by atoms with Crippen LogP contribution >= 0.6 is 0 Å². The monoisotopic (exact) mass is 496 g/mol. The molecule has 2 saturated heterocycles. The molecule has 2 aromatic carbocycles. The lowest BCUT2D eigenvalue weighted by Gasteiger charge is -2.36. The second-order valence-electron chi connectivity index (χ2n) is 9.89. The lowest BCUT2D eigenvalue weighted by atomic mass is 9.97. The number of hydrogen-bond acceptors (Lipinski definition) is 5. The number of sulfonamides is 1. The molecule has 188 valence electrons. The maximum absolute atomic E-state index is 13.2. The van der Waals surface area contributed by atoms with Gasteiger partial charge in [-0.05, 0) is 74.0 Å². The van der Waals surface area contributed by atoms with Crippen LogP contribution in [0.15, 0.2) is 47.4 Å². The molecule has 2 heterocycles. The number of fused-ring (bicyclic) bond motifs is 1. The summed E-state index contributed by atoms with van der Waals surface area (Å²) >= 11 is 0. The molecular formula is C27H36N4O3S. The SMILES string of the molecule is CCN1CCN(c2ccccc2NC(=O)C2CCN(S(=O)(=O)c3ccc4c(c3)CCC4)CC2)CC1. The number of carbonyl (C=O) groups is 1. The number of para-hydroxylation sites is 2. The topological polar surface area (TPSA) is 73.0 Å². The number of hydrogen-bond donors (Lipinski definition) is 1. The largest absolute Gasteiger partial charge is 0.367 e. The van der Waals surface area contributed by atoms with Crippen molar-refractivity contribution in [3.8, 4) is 0 Å². The highest BCUT2D eigenvalue weighted by molar-refractivity contribution is 7.89. The fourth-order valence-corrected chi connectivity index (χ4v) is 7.13. The number of piperazine rings is 1. The van der Waals surface area contributed by atoms with E-state index < -0.39 is 10.0 Å². The second kappa shape index (κ2) is 10.3. The third-order valence-electron chi connectivity index (χ3n) is 7.85. The fourth-order valence-electron chi connectivity index (χ4n) is 5.61. The van der Waals surface area contributed by atoms with Crippen molar-refractivity contribution in [1.82, 2.24) is 9.21 Å². The van der Waals surface area contributed by atoms with Crippen molar-refractivity contribution in [2.45, 2.75) is 43.9 Å². The van der Waals surface area contributed by atoms with E-state index in [1.807, 2.05) is 30.3 Å². The Morgan fingerprint density at radius 3 is 2.40 bits per heavy atom. The molecule has 0 aromatic heterocycles. The minimum Gasteiger partial charge on any atom is -0.367 e.